The number of carbonyl (C=O) groups is 1. The van der Waals surface area contributed by atoms with Crippen LogP contribution in [0.5, 0.6) is 0 Å². The number of nitrogens with zero attached hydrogens (tertiary/aromatic N) is 4. The summed E-state index contributed by atoms with van der Waals surface area (Å²) >= 11 is 1.55. The van der Waals surface area contributed by atoms with Gasteiger partial charge in [-0.3, -0.25) is 4.79 Å². The van der Waals surface area contributed by atoms with Crippen molar-refractivity contribution in [1.29, 1.82) is 0 Å². The number of nitrogens with one attached hydrogen (secondary N) is 1. The van der Waals surface area contributed by atoms with E-state index < -0.39 is 0 Å². The van der Waals surface area contributed by atoms with E-state index in [0.717, 1.165) is 41.6 Å². The van der Waals surface area contributed by atoms with Crippen LogP contribution in [0.4, 0.5) is 16.6 Å². The van der Waals surface area contributed by atoms with Gasteiger partial charge in [0.1, 0.15) is 11.6 Å². The van der Waals surface area contributed by atoms with Crippen LogP contribution in [0.15, 0.2) is 35.7 Å². The van der Waals surface area contributed by atoms with Gasteiger partial charge in [0.05, 0.1) is 11.4 Å². The number of hydrogen-bond donors (Lipinski definition) is 2. The molecule has 1 atom stereocenters. The number of amides is 1. The highest BCUT2D eigenvalue weighted by atomic mass is 32.1. The van der Waals surface area contributed by atoms with Gasteiger partial charge in [-0.1, -0.05) is 13.0 Å². The molecule has 1 aliphatic heterocycles. The van der Waals surface area contributed by atoms with Crippen LogP contribution in [0.2, 0.25) is 0 Å². The Bertz CT molecular complexity index is 1060. The number of thiazole rings is 1. The number of anilines is 3. The molecule has 8 heteroatoms. The summed E-state index contributed by atoms with van der Waals surface area (Å²) < 4.78 is 0. The van der Waals surface area contributed by atoms with Gasteiger partial charge in [0.15, 0.2) is 5.13 Å². The minimum absolute atomic E-state index is 0.0265. The van der Waals surface area contributed by atoms with Crippen molar-refractivity contribution in [2.45, 2.75) is 39.0 Å². The van der Waals surface area contributed by atoms with E-state index >= 15 is 0 Å². The molecule has 1 amide bonds. The summed E-state index contributed by atoms with van der Waals surface area (Å²) in [7, 11) is 0. The lowest BCUT2D eigenvalue weighted by Crippen LogP contribution is -2.47. The molecular formula is C22H26N6OS. The van der Waals surface area contributed by atoms with Gasteiger partial charge in [-0.2, -0.15) is 0 Å². The van der Waals surface area contributed by atoms with Crippen molar-refractivity contribution in [2.24, 2.45) is 0 Å². The van der Waals surface area contributed by atoms with Crippen molar-refractivity contribution < 1.29 is 4.79 Å². The van der Waals surface area contributed by atoms with E-state index in [0.29, 0.717) is 23.8 Å². The molecule has 1 aromatic carbocycles. The Morgan fingerprint density at radius 2 is 2.07 bits per heavy atom. The monoisotopic (exact) mass is 422 g/mol. The minimum atomic E-state index is -0.246. The lowest BCUT2D eigenvalue weighted by molar-refractivity contribution is 0.0647. The number of aryl methyl sites for hydroxylation is 2. The Kier molecular flexibility index (Phi) is 5.42. The van der Waals surface area contributed by atoms with Crippen LogP contribution in [0.25, 0.3) is 0 Å². The molecule has 7 nitrogen and oxygen atoms in total. The van der Waals surface area contributed by atoms with Crippen LogP contribution in [-0.4, -0.2) is 38.8 Å². The smallest absolute Gasteiger partial charge is 0.253 e. The van der Waals surface area contributed by atoms with Gasteiger partial charge in [-0.25, -0.2) is 15.0 Å². The Morgan fingerprint density at radius 1 is 1.23 bits per heavy atom. The van der Waals surface area contributed by atoms with E-state index in [9.17, 15) is 4.79 Å². The summed E-state index contributed by atoms with van der Waals surface area (Å²) in [5.74, 6) is 1.16. The molecule has 156 valence electrons. The maximum absolute atomic E-state index is 13.3. The summed E-state index contributed by atoms with van der Waals surface area (Å²) in [6.07, 6.45) is 1.87. The fourth-order valence-corrected chi connectivity index (χ4v) is 4.68. The van der Waals surface area contributed by atoms with Crippen LogP contribution in [0.1, 0.15) is 47.3 Å². The topological polar surface area (TPSA) is 97.0 Å². The zero-order chi connectivity index (χ0) is 21.3. The zero-order valence-electron chi connectivity index (χ0n) is 17.5. The Labute approximate surface area is 180 Å². The van der Waals surface area contributed by atoms with Gasteiger partial charge in [0, 0.05) is 41.2 Å². The van der Waals surface area contributed by atoms with Gasteiger partial charge in [0.2, 0.25) is 0 Å². The number of hydrogen-bond acceptors (Lipinski definition) is 7. The van der Waals surface area contributed by atoms with E-state index in [1.165, 1.54) is 0 Å². The molecule has 0 saturated carbocycles. The highest BCUT2D eigenvalue weighted by Crippen LogP contribution is 2.34. The van der Waals surface area contributed by atoms with Crippen molar-refractivity contribution >= 4 is 33.9 Å². The van der Waals surface area contributed by atoms with Crippen molar-refractivity contribution in [1.82, 2.24) is 19.9 Å². The van der Waals surface area contributed by atoms with Crippen LogP contribution < -0.4 is 11.1 Å². The molecule has 0 bridgehead atoms. The van der Waals surface area contributed by atoms with E-state index in [1.54, 1.807) is 11.3 Å². The quantitative estimate of drug-likeness (QED) is 0.658. The average Bonchev–Trinajstić information content (AvgIpc) is 3.11. The Balaban J connectivity index is 1.53. The van der Waals surface area contributed by atoms with Crippen molar-refractivity contribution in [3.8, 4) is 0 Å². The molecule has 1 saturated heterocycles. The summed E-state index contributed by atoms with van der Waals surface area (Å²) in [4.78, 5) is 28.4. The first kappa shape index (κ1) is 20.3. The third-order valence-corrected chi connectivity index (χ3v) is 6.32. The first-order valence-electron chi connectivity index (χ1n) is 10.0. The number of benzene rings is 1. The highest BCUT2D eigenvalue weighted by molar-refractivity contribution is 7.13. The predicted octanol–water partition coefficient (Wildman–Crippen LogP) is 4.07. The maximum atomic E-state index is 13.3. The maximum Gasteiger partial charge on any atom is 0.253 e. The minimum Gasteiger partial charge on any atom is -0.384 e. The molecule has 30 heavy (non-hydrogen) atoms. The van der Waals surface area contributed by atoms with Crippen molar-refractivity contribution in [2.75, 3.05) is 24.1 Å². The standard InChI is InChI=1S/C22H26N6OS/c1-14-12-30-21(24-14)27-17-7-4-6-16(10-17)20(29)28-9-5-8-22(3,13-28)18-11-19(23)26-15(2)25-18/h4,6-7,10-12H,5,8-9,13H2,1-3H3,(H,24,27)(H2,23,25,26). The molecule has 1 fully saturated rings. The predicted molar refractivity (Wildman–Crippen MR) is 120 cm³/mol. The van der Waals surface area contributed by atoms with Gasteiger partial charge in [-0.15, -0.1) is 11.3 Å². The van der Waals surface area contributed by atoms with Gasteiger partial charge < -0.3 is 16.0 Å². The second-order valence-electron chi connectivity index (χ2n) is 8.12. The third-order valence-electron chi connectivity index (χ3n) is 5.44. The summed E-state index contributed by atoms with van der Waals surface area (Å²) in [5, 5.41) is 6.10. The third kappa shape index (κ3) is 4.28. The van der Waals surface area contributed by atoms with Gasteiger partial charge >= 0.3 is 0 Å². The fourth-order valence-electron chi connectivity index (χ4n) is 3.97. The number of likely N-dealkylation sites (tertiary alicyclic amines) is 1. The molecule has 0 aliphatic carbocycles. The SMILES string of the molecule is Cc1csc(Nc2cccc(C(=O)N3CCCC(C)(c4cc(N)nc(C)n4)C3)c2)n1. The van der Waals surface area contributed by atoms with Crippen molar-refractivity contribution in [3.05, 3.63) is 58.5 Å². The van der Waals surface area contributed by atoms with Gasteiger partial charge in [0.25, 0.3) is 5.91 Å². The number of aromatic nitrogens is 3. The Hall–Kier alpha value is -3.00. The van der Waals surface area contributed by atoms with Gasteiger partial charge in [-0.05, 0) is 44.9 Å². The largest absolute Gasteiger partial charge is 0.384 e. The van der Waals surface area contributed by atoms with E-state index in [1.807, 2.05) is 54.5 Å². The molecule has 3 aromatic rings. The van der Waals surface area contributed by atoms with E-state index in [4.69, 9.17) is 5.73 Å². The summed E-state index contributed by atoms with van der Waals surface area (Å²) in [6, 6.07) is 9.42. The number of piperidine rings is 1. The lowest BCUT2D eigenvalue weighted by atomic mass is 9.78. The molecular weight excluding hydrogens is 396 g/mol. The fraction of sp³-hybridized carbons (Fsp3) is 0.364. The first-order valence-corrected chi connectivity index (χ1v) is 10.9. The van der Waals surface area contributed by atoms with E-state index in [-0.39, 0.29) is 11.3 Å². The zero-order valence-corrected chi connectivity index (χ0v) is 18.3. The second-order valence-corrected chi connectivity index (χ2v) is 8.97. The molecule has 0 radical (unpaired) electrons. The van der Waals surface area contributed by atoms with Crippen LogP contribution >= 0.6 is 11.3 Å². The highest BCUT2D eigenvalue weighted by Gasteiger charge is 2.36. The number of rotatable bonds is 4. The molecule has 3 heterocycles. The second kappa shape index (κ2) is 8.02. The molecule has 3 N–H and O–H groups in total. The van der Waals surface area contributed by atoms with E-state index in [2.05, 4.69) is 27.2 Å². The molecule has 4 rings (SSSR count). The van der Waals surface area contributed by atoms with Crippen LogP contribution in [0, 0.1) is 13.8 Å². The average molecular weight is 423 g/mol. The first-order chi connectivity index (χ1) is 14.3. The molecule has 1 aliphatic rings. The van der Waals surface area contributed by atoms with Crippen LogP contribution in [-0.2, 0) is 5.41 Å². The molecule has 2 aromatic heterocycles. The molecule has 0 spiro atoms. The lowest BCUT2D eigenvalue weighted by Gasteiger charge is -2.40. The normalized spacial score (nSPS) is 19.0. The molecule has 1 unspecified atom stereocenters. The van der Waals surface area contributed by atoms with Crippen molar-refractivity contribution in [3.63, 3.8) is 0 Å². The van der Waals surface area contributed by atoms with Crippen LogP contribution in [0.3, 0.4) is 0 Å². The number of nitrogen functional groups attached to an aromatic ring is 1. The number of carbonyl (C=O) groups excluding carboxylic acids is 1. The summed E-state index contributed by atoms with van der Waals surface area (Å²) in [5.41, 5.74) is 9.10. The Morgan fingerprint density at radius 3 is 2.80 bits per heavy atom. The summed E-state index contributed by atoms with van der Waals surface area (Å²) in [6.45, 7) is 7.29. The number of nitrogens with two attached hydrogens (primary N) is 1.